The Labute approximate surface area is 146 Å². The third kappa shape index (κ3) is 3.32. The zero-order valence-electron chi connectivity index (χ0n) is 13.9. The van der Waals surface area contributed by atoms with Crippen molar-refractivity contribution < 1.29 is 9.18 Å². The lowest BCUT2D eigenvalue weighted by Crippen LogP contribution is -2.43. The minimum Gasteiger partial charge on any atom is -0.349 e. The third-order valence-corrected chi connectivity index (χ3v) is 5.04. The minimum absolute atomic E-state index is 0.0406. The number of hydrogen-bond donors (Lipinski definition) is 0. The van der Waals surface area contributed by atoms with E-state index >= 15 is 0 Å². The summed E-state index contributed by atoms with van der Waals surface area (Å²) in [4.78, 5) is 16.2. The van der Waals surface area contributed by atoms with Gasteiger partial charge in [0, 0.05) is 55.2 Å². The highest BCUT2D eigenvalue weighted by atomic mass is 35.5. The van der Waals surface area contributed by atoms with Crippen LogP contribution < -0.4 is 0 Å². The SMILES string of the molecule is C[C@H]1c2cccn2CCN1CC(=O)N(C)Cc1c(F)cccc1Cl. The van der Waals surface area contributed by atoms with Crippen LogP contribution in [-0.2, 0) is 17.9 Å². The zero-order valence-corrected chi connectivity index (χ0v) is 14.6. The number of benzene rings is 1. The first-order valence-corrected chi connectivity index (χ1v) is 8.41. The van der Waals surface area contributed by atoms with Gasteiger partial charge in [-0.1, -0.05) is 17.7 Å². The molecule has 0 aliphatic carbocycles. The van der Waals surface area contributed by atoms with Gasteiger partial charge in [-0.15, -0.1) is 0 Å². The van der Waals surface area contributed by atoms with Crippen LogP contribution in [-0.4, -0.2) is 40.4 Å². The molecular formula is C18H21ClFN3O. The second-order valence-corrected chi connectivity index (χ2v) is 6.63. The summed E-state index contributed by atoms with van der Waals surface area (Å²) >= 11 is 6.05. The van der Waals surface area contributed by atoms with Gasteiger partial charge in [0.1, 0.15) is 5.82 Å². The van der Waals surface area contributed by atoms with Gasteiger partial charge in [-0.3, -0.25) is 9.69 Å². The zero-order chi connectivity index (χ0) is 17.3. The molecule has 128 valence electrons. The van der Waals surface area contributed by atoms with Crippen molar-refractivity contribution in [2.75, 3.05) is 20.1 Å². The standard InChI is InChI=1S/C18H21ClFN3O/c1-13-17-7-4-8-22(17)9-10-23(13)12-18(24)21(2)11-14-15(19)5-3-6-16(14)20/h3-8,13H,9-12H2,1-2H3/t13-/m0/s1. The fraction of sp³-hybridized carbons (Fsp3) is 0.389. The maximum absolute atomic E-state index is 13.9. The monoisotopic (exact) mass is 349 g/mol. The van der Waals surface area contributed by atoms with Gasteiger partial charge in [-0.25, -0.2) is 4.39 Å². The van der Waals surface area contributed by atoms with Crippen molar-refractivity contribution in [1.29, 1.82) is 0 Å². The minimum atomic E-state index is -0.383. The Morgan fingerprint density at radius 2 is 2.12 bits per heavy atom. The number of hydrogen-bond acceptors (Lipinski definition) is 2. The van der Waals surface area contributed by atoms with Gasteiger partial charge < -0.3 is 9.47 Å². The first-order valence-electron chi connectivity index (χ1n) is 8.03. The third-order valence-electron chi connectivity index (χ3n) is 4.69. The lowest BCUT2D eigenvalue weighted by atomic mass is 10.1. The first kappa shape index (κ1) is 17.0. The van der Waals surface area contributed by atoms with Gasteiger partial charge in [0.2, 0.25) is 5.91 Å². The summed E-state index contributed by atoms with van der Waals surface area (Å²) in [5.74, 6) is -0.424. The number of carbonyl (C=O) groups excluding carboxylic acids is 1. The maximum Gasteiger partial charge on any atom is 0.236 e. The molecule has 1 aromatic heterocycles. The number of likely N-dealkylation sites (N-methyl/N-ethyl adjacent to an activating group) is 1. The Balaban J connectivity index is 1.65. The Morgan fingerprint density at radius 3 is 2.88 bits per heavy atom. The highest BCUT2D eigenvalue weighted by molar-refractivity contribution is 6.31. The molecule has 6 heteroatoms. The molecule has 0 N–H and O–H groups in total. The van der Waals surface area contributed by atoms with Gasteiger partial charge >= 0.3 is 0 Å². The second-order valence-electron chi connectivity index (χ2n) is 6.22. The van der Waals surface area contributed by atoms with Gasteiger partial charge in [-0.2, -0.15) is 0 Å². The fourth-order valence-electron chi connectivity index (χ4n) is 3.15. The summed E-state index contributed by atoms with van der Waals surface area (Å²) < 4.78 is 16.1. The van der Waals surface area contributed by atoms with E-state index in [4.69, 9.17) is 11.6 Å². The summed E-state index contributed by atoms with van der Waals surface area (Å²) in [7, 11) is 1.68. The van der Waals surface area contributed by atoms with E-state index in [0.29, 0.717) is 17.1 Å². The Kier molecular flexibility index (Phi) is 4.92. The topological polar surface area (TPSA) is 28.5 Å². The Hall–Kier alpha value is -1.85. The summed E-state index contributed by atoms with van der Waals surface area (Å²) in [6.07, 6.45) is 2.07. The van der Waals surface area contributed by atoms with E-state index in [1.54, 1.807) is 19.2 Å². The van der Waals surface area contributed by atoms with Crippen molar-refractivity contribution in [1.82, 2.24) is 14.4 Å². The van der Waals surface area contributed by atoms with Crippen LogP contribution in [0.5, 0.6) is 0 Å². The average Bonchev–Trinajstić information content (AvgIpc) is 3.03. The van der Waals surface area contributed by atoms with Crippen LogP contribution >= 0.6 is 11.6 Å². The number of amides is 1. The quantitative estimate of drug-likeness (QED) is 0.847. The van der Waals surface area contributed by atoms with E-state index in [9.17, 15) is 9.18 Å². The number of halogens is 2. The molecule has 0 fully saturated rings. The van der Waals surface area contributed by atoms with Crippen LogP contribution in [0.2, 0.25) is 5.02 Å². The molecule has 0 bridgehead atoms. The molecule has 0 radical (unpaired) electrons. The fourth-order valence-corrected chi connectivity index (χ4v) is 3.37. The van der Waals surface area contributed by atoms with Gasteiger partial charge in [0.15, 0.2) is 0 Å². The van der Waals surface area contributed by atoms with Gasteiger partial charge in [0.05, 0.1) is 6.54 Å². The van der Waals surface area contributed by atoms with E-state index in [-0.39, 0.29) is 24.3 Å². The largest absolute Gasteiger partial charge is 0.349 e. The summed E-state index contributed by atoms with van der Waals surface area (Å²) in [5, 5.41) is 0.346. The van der Waals surface area contributed by atoms with Crippen LogP contribution in [0, 0.1) is 5.82 Å². The number of carbonyl (C=O) groups is 1. The first-order chi connectivity index (χ1) is 11.5. The van der Waals surface area contributed by atoms with Crippen LogP contribution in [0.1, 0.15) is 24.2 Å². The van der Waals surface area contributed by atoms with E-state index in [1.807, 2.05) is 6.07 Å². The molecule has 0 saturated carbocycles. The average molecular weight is 350 g/mol. The number of rotatable bonds is 4. The van der Waals surface area contributed by atoms with Crippen molar-refractivity contribution >= 4 is 17.5 Å². The van der Waals surface area contributed by atoms with E-state index in [1.165, 1.54) is 16.7 Å². The molecule has 4 nitrogen and oxygen atoms in total. The summed E-state index contributed by atoms with van der Waals surface area (Å²) in [5.41, 5.74) is 1.57. The van der Waals surface area contributed by atoms with Crippen LogP contribution in [0.3, 0.4) is 0 Å². The predicted octanol–water partition coefficient (Wildman–Crippen LogP) is 3.32. The summed E-state index contributed by atoms with van der Waals surface area (Å²) in [6, 6.07) is 8.86. The molecule has 0 saturated heterocycles. The van der Waals surface area contributed by atoms with Gasteiger partial charge in [0.25, 0.3) is 0 Å². The molecular weight excluding hydrogens is 329 g/mol. The molecule has 24 heavy (non-hydrogen) atoms. The molecule has 1 aliphatic heterocycles. The molecule has 0 unspecified atom stereocenters. The van der Waals surface area contributed by atoms with Crippen LogP contribution in [0.15, 0.2) is 36.5 Å². The molecule has 3 rings (SSSR count). The van der Waals surface area contributed by atoms with Crippen LogP contribution in [0.4, 0.5) is 4.39 Å². The Bertz CT molecular complexity index is 725. The second kappa shape index (κ2) is 6.95. The van der Waals surface area contributed by atoms with E-state index < -0.39 is 0 Å². The predicted molar refractivity (Wildman–Crippen MR) is 92.3 cm³/mol. The van der Waals surface area contributed by atoms with Crippen molar-refractivity contribution in [2.45, 2.75) is 26.1 Å². The maximum atomic E-state index is 13.9. The molecule has 1 aromatic carbocycles. The lowest BCUT2D eigenvalue weighted by molar-refractivity contribution is -0.132. The van der Waals surface area contributed by atoms with Crippen molar-refractivity contribution in [2.24, 2.45) is 0 Å². The molecule has 2 heterocycles. The highest BCUT2D eigenvalue weighted by Gasteiger charge is 2.26. The lowest BCUT2D eigenvalue weighted by Gasteiger charge is -2.35. The number of fused-ring (bicyclic) bond motifs is 1. The highest BCUT2D eigenvalue weighted by Crippen LogP contribution is 2.25. The Morgan fingerprint density at radius 1 is 1.33 bits per heavy atom. The van der Waals surface area contributed by atoms with Crippen molar-refractivity contribution in [3.8, 4) is 0 Å². The summed E-state index contributed by atoms with van der Waals surface area (Å²) in [6.45, 7) is 4.29. The molecule has 2 aromatic rings. The van der Waals surface area contributed by atoms with E-state index in [2.05, 4.69) is 28.7 Å². The molecule has 0 spiro atoms. The number of aromatic nitrogens is 1. The number of nitrogens with zero attached hydrogens (tertiary/aromatic N) is 3. The van der Waals surface area contributed by atoms with E-state index in [0.717, 1.165) is 13.1 Å². The molecule has 1 aliphatic rings. The molecule has 1 atom stereocenters. The van der Waals surface area contributed by atoms with Crippen molar-refractivity contribution in [3.63, 3.8) is 0 Å². The van der Waals surface area contributed by atoms with Crippen molar-refractivity contribution in [3.05, 3.63) is 58.6 Å². The van der Waals surface area contributed by atoms with Crippen LogP contribution in [0.25, 0.3) is 0 Å². The smallest absolute Gasteiger partial charge is 0.236 e. The normalized spacial score (nSPS) is 17.6. The molecule has 1 amide bonds. The van der Waals surface area contributed by atoms with Gasteiger partial charge in [-0.05, 0) is 31.2 Å².